The lowest BCUT2D eigenvalue weighted by Gasteiger charge is -2.25. The molecular weight excluding hydrogens is 367 g/mol. The summed E-state index contributed by atoms with van der Waals surface area (Å²) in [6.07, 6.45) is 3.19. The van der Waals surface area contributed by atoms with E-state index in [9.17, 15) is 12.8 Å². The molecule has 0 aliphatic rings. The zero-order valence-corrected chi connectivity index (χ0v) is 15.8. The molecule has 0 fully saturated rings. The van der Waals surface area contributed by atoms with Crippen LogP contribution in [0, 0.1) is 12.7 Å². The van der Waals surface area contributed by atoms with Gasteiger partial charge in [0.25, 0.3) is 10.0 Å². The standard InChI is InChI=1S/C20H19FN2O3S/c1-15-11-19(8-9-20(15)26-2)27(24,25)23(14-16-5-4-10-22-13-16)18-7-3-6-17(21)12-18/h3-13H,14H2,1-2H3. The Bertz CT molecular complexity index is 1040. The summed E-state index contributed by atoms with van der Waals surface area (Å²) in [6.45, 7) is 1.80. The minimum Gasteiger partial charge on any atom is -0.496 e. The Morgan fingerprint density at radius 3 is 2.56 bits per heavy atom. The number of methoxy groups -OCH3 is 1. The fourth-order valence-corrected chi connectivity index (χ4v) is 4.27. The zero-order chi connectivity index (χ0) is 19.4. The Morgan fingerprint density at radius 2 is 1.93 bits per heavy atom. The van der Waals surface area contributed by atoms with Gasteiger partial charge in [0, 0.05) is 12.4 Å². The number of anilines is 1. The predicted octanol–water partition coefficient (Wildman–Crippen LogP) is 3.93. The normalized spacial score (nSPS) is 11.2. The SMILES string of the molecule is COc1ccc(S(=O)(=O)N(Cc2cccnc2)c2cccc(F)c2)cc1C. The Hall–Kier alpha value is -2.93. The van der Waals surface area contributed by atoms with Crippen molar-refractivity contribution in [3.8, 4) is 5.75 Å². The summed E-state index contributed by atoms with van der Waals surface area (Å²) < 4.78 is 46.8. The second-order valence-electron chi connectivity index (χ2n) is 5.98. The molecule has 140 valence electrons. The molecule has 0 N–H and O–H groups in total. The molecular formula is C20H19FN2O3S. The molecule has 2 aromatic carbocycles. The highest BCUT2D eigenvalue weighted by Crippen LogP contribution is 2.29. The number of nitrogens with zero attached hydrogens (tertiary/aromatic N) is 2. The van der Waals surface area contributed by atoms with Gasteiger partial charge in [0.2, 0.25) is 0 Å². The first kappa shape index (κ1) is 18.8. The van der Waals surface area contributed by atoms with E-state index in [1.165, 1.54) is 35.7 Å². The third kappa shape index (κ3) is 4.09. The highest BCUT2D eigenvalue weighted by atomic mass is 32.2. The van der Waals surface area contributed by atoms with E-state index in [2.05, 4.69) is 4.98 Å². The topological polar surface area (TPSA) is 59.5 Å². The number of hydrogen-bond donors (Lipinski definition) is 0. The minimum absolute atomic E-state index is 0.0324. The molecule has 27 heavy (non-hydrogen) atoms. The molecule has 1 heterocycles. The quantitative estimate of drug-likeness (QED) is 0.644. The molecule has 3 aromatic rings. The number of benzene rings is 2. The molecule has 0 aliphatic carbocycles. The van der Waals surface area contributed by atoms with Crippen LogP contribution in [-0.2, 0) is 16.6 Å². The lowest BCUT2D eigenvalue weighted by molar-refractivity contribution is 0.411. The van der Waals surface area contributed by atoms with Gasteiger partial charge in [-0.15, -0.1) is 0 Å². The lowest BCUT2D eigenvalue weighted by Crippen LogP contribution is -2.30. The third-order valence-electron chi connectivity index (χ3n) is 4.10. The molecule has 0 radical (unpaired) electrons. The number of rotatable bonds is 6. The Kier molecular flexibility index (Phi) is 5.41. The molecule has 0 atom stereocenters. The molecule has 1 aromatic heterocycles. The smallest absolute Gasteiger partial charge is 0.264 e. The zero-order valence-electron chi connectivity index (χ0n) is 15.0. The van der Waals surface area contributed by atoms with E-state index in [1.54, 1.807) is 49.6 Å². The van der Waals surface area contributed by atoms with Gasteiger partial charge in [0.1, 0.15) is 11.6 Å². The third-order valence-corrected chi connectivity index (χ3v) is 5.87. The lowest BCUT2D eigenvalue weighted by atomic mass is 10.2. The summed E-state index contributed by atoms with van der Waals surface area (Å²) in [7, 11) is -2.41. The molecule has 5 nitrogen and oxygen atoms in total. The van der Waals surface area contributed by atoms with Gasteiger partial charge in [-0.1, -0.05) is 12.1 Å². The van der Waals surface area contributed by atoms with Crippen molar-refractivity contribution < 1.29 is 17.5 Å². The summed E-state index contributed by atoms with van der Waals surface area (Å²) in [5, 5.41) is 0. The van der Waals surface area contributed by atoms with Gasteiger partial charge in [-0.2, -0.15) is 0 Å². The van der Waals surface area contributed by atoms with Crippen molar-refractivity contribution >= 4 is 15.7 Å². The summed E-state index contributed by atoms with van der Waals surface area (Å²) >= 11 is 0. The number of aromatic nitrogens is 1. The summed E-state index contributed by atoms with van der Waals surface area (Å²) in [6, 6.07) is 13.6. The van der Waals surface area contributed by atoms with Gasteiger partial charge < -0.3 is 4.74 Å². The van der Waals surface area contributed by atoms with Crippen molar-refractivity contribution in [3.05, 3.63) is 83.9 Å². The predicted molar refractivity (Wildman–Crippen MR) is 102 cm³/mol. The molecule has 0 spiro atoms. The van der Waals surface area contributed by atoms with E-state index in [4.69, 9.17) is 4.74 Å². The van der Waals surface area contributed by atoms with Gasteiger partial charge >= 0.3 is 0 Å². The molecule has 7 heteroatoms. The monoisotopic (exact) mass is 386 g/mol. The van der Waals surface area contributed by atoms with Gasteiger partial charge in [-0.05, 0) is 60.5 Å². The fourth-order valence-electron chi connectivity index (χ4n) is 2.74. The van der Waals surface area contributed by atoms with Crippen molar-refractivity contribution in [2.75, 3.05) is 11.4 Å². The highest BCUT2D eigenvalue weighted by molar-refractivity contribution is 7.92. The largest absolute Gasteiger partial charge is 0.496 e. The number of pyridine rings is 1. The van der Waals surface area contributed by atoms with Crippen LogP contribution in [0.25, 0.3) is 0 Å². The molecule has 0 unspecified atom stereocenters. The average molecular weight is 386 g/mol. The van der Waals surface area contributed by atoms with Crippen molar-refractivity contribution in [1.82, 2.24) is 4.98 Å². The van der Waals surface area contributed by atoms with E-state index in [-0.39, 0.29) is 17.1 Å². The van der Waals surface area contributed by atoms with E-state index >= 15 is 0 Å². The van der Waals surface area contributed by atoms with Gasteiger partial charge in [0.15, 0.2) is 0 Å². The van der Waals surface area contributed by atoms with E-state index < -0.39 is 15.8 Å². The van der Waals surface area contributed by atoms with Crippen LogP contribution in [0.2, 0.25) is 0 Å². The maximum absolute atomic E-state index is 13.8. The summed E-state index contributed by atoms with van der Waals surface area (Å²) in [4.78, 5) is 4.13. The number of ether oxygens (including phenoxy) is 1. The van der Waals surface area contributed by atoms with Crippen molar-refractivity contribution in [1.29, 1.82) is 0 Å². The molecule has 0 aliphatic heterocycles. The highest BCUT2D eigenvalue weighted by Gasteiger charge is 2.26. The molecule has 0 saturated carbocycles. The number of sulfonamides is 1. The Balaban J connectivity index is 2.09. The van der Waals surface area contributed by atoms with E-state index in [0.29, 0.717) is 16.9 Å². The summed E-state index contributed by atoms with van der Waals surface area (Å²) in [5.41, 5.74) is 1.63. The van der Waals surface area contributed by atoms with Crippen LogP contribution >= 0.6 is 0 Å². The van der Waals surface area contributed by atoms with Crippen LogP contribution in [0.4, 0.5) is 10.1 Å². The summed E-state index contributed by atoms with van der Waals surface area (Å²) in [5.74, 6) is 0.0864. The van der Waals surface area contributed by atoms with Crippen molar-refractivity contribution in [2.45, 2.75) is 18.4 Å². The first-order chi connectivity index (χ1) is 12.9. The van der Waals surface area contributed by atoms with Crippen LogP contribution in [-0.4, -0.2) is 20.5 Å². The first-order valence-corrected chi connectivity index (χ1v) is 9.67. The first-order valence-electron chi connectivity index (χ1n) is 8.23. The molecule has 0 bridgehead atoms. The number of hydrogen-bond acceptors (Lipinski definition) is 4. The minimum atomic E-state index is -3.93. The molecule has 3 rings (SSSR count). The van der Waals surface area contributed by atoms with Crippen LogP contribution in [0.1, 0.15) is 11.1 Å². The van der Waals surface area contributed by atoms with Crippen molar-refractivity contribution in [3.63, 3.8) is 0 Å². The van der Waals surface area contributed by atoms with Crippen LogP contribution in [0.3, 0.4) is 0 Å². The molecule has 0 saturated heterocycles. The molecule has 0 amide bonds. The van der Waals surface area contributed by atoms with Crippen molar-refractivity contribution in [2.24, 2.45) is 0 Å². The Labute approximate surface area is 158 Å². The second-order valence-corrected chi connectivity index (χ2v) is 7.85. The average Bonchev–Trinajstić information content (AvgIpc) is 2.66. The maximum atomic E-state index is 13.8. The van der Waals surface area contributed by atoms with E-state index in [1.807, 2.05) is 0 Å². The number of halogens is 1. The van der Waals surface area contributed by atoms with Gasteiger partial charge in [-0.3, -0.25) is 9.29 Å². The fraction of sp³-hybridized carbons (Fsp3) is 0.150. The van der Waals surface area contributed by atoms with Crippen LogP contribution in [0.5, 0.6) is 5.75 Å². The van der Waals surface area contributed by atoms with Gasteiger partial charge in [0.05, 0.1) is 24.2 Å². The van der Waals surface area contributed by atoms with Crippen LogP contribution in [0.15, 0.2) is 71.9 Å². The van der Waals surface area contributed by atoms with Crippen LogP contribution < -0.4 is 9.04 Å². The Morgan fingerprint density at radius 1 is 1.11 bits per heavy atom. The maximum Gasteiger partial charge on any atom is 0.264 e. The number of aryl methyl sites for hydroxylation is 1. The van der Waals surface area contributed by atoms with E-state index in [0.717, 1.165) is 0 Å². The second kappa shape index (κ2) is 7.75. The van der Waals surface area contributed by atoms with Gasteiger partial charge in [-0.25, -0.2) is 12.8 Å².